The average molecular weight is 387 g/mol. The van der Waals surface area contributed by atoms with Crippen LogP contribution in [0.2, 0.25) is 18.1 Å². The van der Waals surface area contributed by atoms with Gasteiger partial charge >= 0.3 is 0 Å². The molecule has 0 bridgehead atoms. The zero-order valence-corrected chi connectivity index (χ0v) is 19.1. The van der Waals surface area contributed by atoms with E-state index >= 15 is 0 Å². The summed E-state index contributed by atoms with van der Waals surface area (Å²) >= 11 is 0. The first-order chi connectivity index (χ1) is 12.5. The van der Waals surface area contributed by atoms with Gasteiger partial charge in [-0.3, -0.25) is 0 Å². The van der Waals surface area contributed by atoms with Crippen molar-refractivity contribution in [1.29, 1.82) is 0 Å². The van der Waals surface area contributed by atoms with Crippen molar-refractivity contribution in [3.8, 4) is 5.75 Å². The van der Waals surface area contributed by atoms with Gasteiger partial charge in [0, 0.05) is 0 Å². The molecular formula is C24H38O2Si. The van der Waals surface area contributed by atoms with Crippen molar-refractivity contribution in [3.63, 3.8) is 0 Å². The second kappa shape index (κ2) is 6.35. The van der Waals surface area contributed by atoms with E-state index < -0.39 is 8.32 Å². The van der Waals surface area contributed by atoms with Gasteiger partial charge in [0.25, 0.3) is 0 Å². The third kappa shape index (κ3) is 3.09. The van der Waals surface area contributed by atoms with Gasteiger partial charge in [-0.05, 0) is 103 Å². The van der Waals surface area contributed by atoms with Crippen molar-refractivity contribution in [3.05, 3.63) is 29.3 Å². The minimum Gasteiger partial charge on any atom is -0.543 e. The van der Waals surface area contributed by atoms with Crippen molar-refractivity contribution in [2.45, 2.75) is 96.4 Å². The summed E-state index contributed by atoms with van der Waals surface area (Å²) in [5.41, 5.74) is 3.27. The van der Waals surface area contributed by atoms with E-state index in [0.29, 0.717) is 11.8 Å². The van der Waals surface area contributed by atoms with Crippen LogP contribution in [0.3, 0.4) is 0 Å². The number of aryl methyl sites for hydroxylation is 1. The fourth-order valence-electron chi connectivity index (χ4n) is 6.04. The Labute approximate surface area is 166 Å². The zero-order chi connectivity index (χ0) is 19.6. The van der Waals surface area contributed by atoms with E-state index in [1.165, 1.54) is 37.7 Å². The van der Waals surface area contributed by atoms with Gasteiger partial charge in [-0.2, -0.15) is 0 Å². The van der Waals surface area contributed by atoms with Crippen molar-refractivity contribution >= 4 is 8.32 Å². The molecular weight excluding hydrogens is 348 g/mol. The summed E-state index contributed by atoms with van der Waals surface area (Å²) in [6, 6.07) is 6.96. The molecule has 150 valence electrons. The molecule has 0 spiro atoms. The van der Waals surface area contributed by atoms with E-state index in [1.54, 1.807) is 5.56 Å². The summed E-state index contributed by atoms with van der Waals surface area (Å²) in [5, 5.41) is 10.8. The van der Waals surface area contributed by atoms with Crippen LogP contribution in [-0.2, 0) is 6.42 Å². The number of rotatable bonds is 2. The van der Waals surface area contributed by atoms with Crippen LogP contribution in [0.25, 0.3) is 0 Å². The number of hydrogen-bond donors (Lipinski definition) is 1. The van der Waals surface area contributed by atoms with E-state index in [1.807, 2.05) is 0 Å². The Morgan fingerprint density at radius 3 is 2.56 bits per heavy atom. The highest BCUT2D eigenvalue weighted by Gasteiger charge is 2.54. The standard InChI is InChI=1S/C24H38O2Si/c1-23(2,3)27(5,6)26-17-8-10-18-16(15-17)7-9-20-19(18)13-14-24(4)21(20)11-12-22(24)25/h8,10,15,19-22,25H,7,9,11-14H2,1-6H3/t19-,20-,21+,22+,24+/m1/s1. The Morgan fingerprint density at radius 1 is 1.11 bits per heavy atom. The molecule has 0 amide bonds. The Kier molecular flexibility index (Phi) is 4.59. The van der Waals surface area contributed by atoms with Crippen molar-refractivity contribution in [1.82, 2.24) is 0 Å². The van der Waals surface area contributed by atoms with Gasteiger partial charge in [-0.1, -0.05) is 33.8 Å². The van der Waals surface area contributed by atoms with Gasteiger partial charge in [-0.15, -0.1) is 0 Å². The lowest BCUT2D eigenvalue weighted by atomic mass is 9.55. The highest BCUT2D eigenvalue weighted by atomic mass is 28.4. The van der Waals surface area contributed by atoms with Crippen molar-refractivity contribution in [2.75, 3.05) is 0 Å². The van der Waals surface area contributed by atoms with Gasteiger partial charge in [0.05, 0.1) is 6.10 Å². The molecule has 5 atom stereocenters. The second-order valence-electron chi connectivity index (χ2n) is 11.3. The second-order valence-corrected chi connectivity index (χ2v) is 16.0. The molecule has 1 aromatic carbocycles. The maximum Gasteiger partial charge on any atom is 0.250 e. The molecule has 0 heterocycles. The Balaban J connectivity index is 1.58. The lowest BCUT2D eigenvalue weighted by Crippen LogP contribution is -2.44. The van der Waals surface area contributed by atoms with Crippen molar-refractivity contribution in [2.24, 2.45) is 17.3 Å². The summed E-state index contributed by atoms with van der Waals surface area (Å²) in [6.45, 7) is 13.9. The smallest absolute Gasteiger partial charge is 0.250 e. The molecule has 1 aromatic rings. The van der Waals surface area contributed by atoms with Crippen LogP contribution in [0, 0.1) is 17.3 Å². The highest BCUT2D eigenvalue weighted by molar-refractivity contribution is 6.74. The van der Waals surface area contributed by atoms with E-state index in [2.05, 4.69) is 59.0 Å². The van der Waals surface area contributed by atoms with E-state index in [0.717, 1.165) is 18.1 Å². The molecule has 0 aromatic heterocycles. The normalized spacial score (nSPS) is 36.0. The molecule has 0 saturated heterocycles. The maximum atomic E-state index is 10.6. The molecule has 3 aliphatic rings. The van der Waals surface area contributed by atoms with Gasteiger partial charge in [-0.25, -0.2) is 0 Å². The van der Waals surface area contributed by atoms with Crippen LogP contribution in [0.15, 0.2) is 18.2 Å². The van der Waals surface area contributed by atoms with Crippen LogP contribution in [0.1, 0.15) is 76.8 Å². The molecule has 27 heavy (non-hydrogen) atoms. The molecule has 0 radical (unpaired) electrons. The fourth-order valence-corrected chi connectivity index (χ4v) is 7.06. The lowest BCUT2D eigenvalue weighted by molar-refractivity contribution is -0.0226. The summed E-state index contributed by atoms with van der Waals surface area (Å²) in [5.74, 6) is 3.25. The third-order valence-corrected chi connectivity index (χ3v) is 13.2. The first-order valence-corrected chi connectivity index (χ1v) is 13.9. The van der Waals surface area contributed by atoms with E-state index in [-0.39, 0.29) is 16.6 Å². The zero-order valence-electron chi connectivity index (χ0n) is 18.1. The average Bonchev–Trinajstić information content (AvgIpc) is 2.88. The maximum absolute atomic E-state index is 10.6. The number of fused-ring (bicyclic) bond motifs is 5. The van der Waals surface area contributed by atoms with Gasteiger partial charge in [0.2, 0.25) is 8.32 Å². The molecule has 4 rings (SSSR count). The van der Waals surface area contributed by atoms with E-state index in [9.17, 15) is 5.11 Å². The van der Waals surface area contributed by atoms with Gasteiger partial charge in [0.1, 0.15) is 5.75 Å². The number of hydrogen-bond acceptors (Lipinski definition) is 2. The molecule has 1 N–H and O–H groups in total. The molecule has 0 unspecified atom stereocenters. The predicted octanol–water partition coefficient (Wildman–Crippen LogP) is 6.29. The van der Waals surface area contributed by atoms with E-state index in [4.69, 9.17) is 4.43 Å². The largest absolute Gasteiger partial charge is 0.543 e. The minimum absolute atomic E-state index is 0.0785. The third-order valence-electron chi connectivity index (χ3n) is 8.83. The SMILES string of the molecule is CC(C)(C)[Si](C)(C)Oc1ccc2c(c1)CC[C@@H]1[C@@H]2CC[C@]2(C)[C@@H](O)CC[C@@H]12. The summed E-state index contributed by atoms with van der Waals surface area (Å²) < 4.78 is 6.57. The Bertz CT molecular complexity index is 720. The van der Waals surface area contributed by atoms with Crippen LogP contribution >= 0.6 is 0 Å². The molecule has 3 aliphatic carbocycles. The summed E-state index contributed by atoms with van der Waals surface area (Å²) in [7, 11) is -1.79. The highest BCUT2D eigenvalue weighted by Crippen LogP contribution is 2.61. The molecule has 3 heteroatoms. The Hall–Kier alpha value is -0.803. The molecule has 2 saturated carbocycles. The monoisotopic (exact) mass is 386 g/mol. The Morgan fingerprint density at radius 2 is 1.85 bits per heavy atom. The van der Waals surface area contributed by atoms with Crippen LogP contribution < -0.4 is 4.43 Å². The minimum atomic E-state index is -1.79. The summed E-state index contributed by atoms with van der Waals surface area (Å²) in [4.78, 5) is 0. The number of aliphatic hydroxyl groups excluding tert-OH is 1. The number of aliphatic hydroxyl groups is 1. The van der Waals surface area contributed by atoms with Gasteiger partial charge in [0.15, 0.2) is 0 Å². The quantitative estimate of drug-likeness (QED) is 0.605. The topological polar surface area (TPSA) is 29.5 Å². The van der Waals surface area contributed by atoms with Gasteiger partial charge < -0.3 is 9.53 Å². The fraction of sp³-hybridized carbons (Fsp3) is 0.750. The van der Waals surface area contributed by atoms with Crippen LogP contribution in [0.5, 0.6) is 5.75 Å². The number of benzene rings is 1. The first kappa shape index (κ1) is 19.5. The summed E-state index contributed by atoms with van der Waals surface area (Å²) in [6.07, 6.45) is 7.04. The van der Waals surface area contributed by atoms with Crippen molar-refractivity contribution < 1.29 is 9.53 Å². The molecule has 0 aliphatic heterocycles. The molecule has 2 fully saturated rings. The van der Waals surface area contributed by atoms with Crippen LogP contribution in [-0.4, -0.2) is 19.5 Å². The predicted molar refractivity (Wildman–Crippen MR) is 115 cm³/mol. The lowest BCUT2D eigenvalue weighted by Gasteiger charge is -2.50. The van der Waals surface area contributed by atoms with Crippen LogP contribution in [0.4, 0.5) is 0 Å². The molecule has 2 nitrogen and oxygen atoms in total. The first-order valence-electron chi connectivity index (χ1n) is 11.0.